The highest BCUT2D eigenvalue weighted by Gasteiger charge is 2.20. The van der Waals surface area contributed by atoms with Crippen LogP contribution in [0, 0.1) is 0 Å². The molecular formula is C8H11FN2O2. The van der Waals surface area contributed by atoms with Gasteiger partial charge in [-0.15, -0.1) is 0 Å². The van der Waals surface area contributed by atoms with Crippen LogP contribution in [0.3, 0.4) is 0 Å². The smallest absolute Gasteiger partial charge is 0.343 e. The van der Waals surface area contributed by atoms with Crippen LogP contribution in [0.15, 0.2) is 12.4 Å². The molecule has 1 unspecified atom stereocenters. The maximum atomic E-state index is 12.9. The van der Waals surface area contributed by atoms with Crippen LogP contribution < -0.4 is 0 Å². The molecule has 72 valence electrons. The zero-order valence-corrected chi connectivity index (χ0v) is 7.44. The van der Waals surface area contributed by atoms with Crippen LogP contribution >= 0.6 is 0 Å². The van der Waals surface area contributed by atoms with Gasteiger partial charge >= 0.3 is 5.97 Å². The van der Waals surface area contributed by atoms with E-state index in [9.17, 15) is 9.18 Å². The second-order valence-electron chi connectivity index (χ2n) is 3.05. The fourth-order valence-electron chi connectivity index (χ4n) is 0.909. The second-order valence-corrected chi connectivity index (χ2v) is 3.05. The van der Waals surface area contributed by atoms with Gasteiger partial charge in [-0.05, 0) is 13.8 Å². The summed E-state index contributed by atoms with van der Waals surface area (Å²) in [5.74, 6) is -1.48. The van der Waals surface area contributed by atoms with Crippen LogP contribution in [-0.4, -0.2) is 20.9 Å². The summed E-state index contributed by atoms with van der Waals surface area (Å²) < 4.78 is 14.4. The molecule has 1 atom stereocenters. The molecule has 1 rings (SSSR count). The third-order valence-electron chi connectivity index (χ3n) is 1.66. The van der Waals surface area contributed by atoms with Crippen molar-refractivity contribution in [1.29, 1.82) is 0 Å². The number of alkyl halides is 1. The molecular weight excluding hydrogens is 175 g/mol. The quantitative estimate of drug-likeness (QED) is 0.779. The Balaban J connectivity index is 2.85. The Kier molecular flexibility index (Phi) is 2.65. The van der Waals surface area contributed by atoms with Crippen molar-refractivity contribution < 1.29 is 14.3 Å². The molecule has 0 aliphatic heterocycles. The fraction of sp³-hybridized carbons (Fsp3) is 0.500. The largest absolute Gasteiger partial charge is 0.479 e. The van der Waals surface area contributed by atoms with Crippen molar-refractivity contribution in [3.8, 4) is 0 Å². The third kappa shape index (κ3) is 2.05. The molecule has 1 heterocycles. The van der Waals surface area contributed by atoms with Gasteiger partial charge in [-0.1, -0.05) is 0 Å². The molecule has 0 saturated carbocycles. The van der Waals surface area contributed by atoms with E-state index in [2.05, 4.69) is 5.10 Å². The number of aliphatic carboxylic acids is 1. The normalized spacial score (nSPS) is 13.2. The van der Waals surface area contributed by atoms with Crippen molar-refractivity contribution in [1.82, 2.24) is 9.78 Å². The number of nitrogens with zero attached hydrogens (tertiary/aromatic N) is 2. The molecule has 0 spiro atoms. The second kappa shape index (κ2) is 3.55. The van der Waals surface area contributed by atoms with E-state index in [0.29, 0.717) is 0 Å². The van der Waals surface area contributed by atoms with E-state index in [1.807, 2.05) is 13.8 Å². The lowest BCUT2D eigenvalue weighted by Gasteiger charge is -2.03. The zero-order valence-electron chi connectivity index (χ0n) is 7.44. The topological polar surface area (TPSA) is 55.1 Å². The number of hydrogen-bond acceptors (Lipinski definition) is 2. The summed E-state index contributed by atoms with van der Waals surface area (Å²) in [5, 5.41) is 12.2. The molecule has 0 aromatic carbocycles. The van der Waals surface area contributed by atoms with Crippen LogP contribution in [-0.2, 0) is 4.79 Å². The van der Waals surface area contributed by atoms with Gasteiger partial charge in [0.05, 0.1) is 6.20 Å². The van der Waals surface area contributed by atoms with Gasteiger partial charge in [-0.25, -0.2) is 9.18 Å². The summed E-state index contributed by atoms with van der Waals surface area (Å²) in [7, 11) is 0. The highest BCUT2D eigenvalue weighted by molar-refractivity contribution is 5.73. The summed E-state index contributed by atoms with van der Waals surface area (Å²) in [6.45, 7) is 3.76. The van der Waals surface area contributed by atoms with Gasteiger partial charge in [0, 0.05) is 17.8 Å². The molecule has 0 aliphatic rings. The molecule has 0 saturated heterocycles. The first kappa shape index (κ1) is 9.70. The van der Waals surface area contributed by atoms with Gasteiger partial charge in [-0.2, -0.15) is 5.10 Å². The molecule has 0 amide bonds. The van der Waals surface area contributed by atoms with E-state index >= 15 is 0 Å². The standard InChI is InChI=1S/C8H11FN2O2/c1-5(2)11-4-6(3-10-11)7(9)8(12)13/h3-5,7H,1-2H3,(H,12,13). The molecule has 0 aliphatic carbocycles. The molecule has 1 aromatic heterocycles. The predicted molar refractivity (Wildman–Crippen MR) is 44.1 cm³/mol. The van der Waals surface area contributed by atoms with Gasteiger partial charge in [0.15, 0.2) is 0 Å². The molecule has 4 nitrogen and oxygen atoms in total. The molecule has 5 heteroatoms. The van der Waals surface area contributed by atoms with Crippen molar-refractivity contribution in [3.63, 3.8) is 0 Å². The molecule has 1 aromatic rings. The van der Waals surface area contributed by atoms with E-state index in [1.165, 1.54) is 17.1 Å². The number of aromatic nitrogens is 2. The van der Waals surface area contributed by atoms with Crippen molar-refractivity contribution in [2.45, 2.75) is 26.1 Å². The van der Waals surface area contributed by atoms with Gasteiger partial charge in [0.1, 0.15) is 0 Å². The van der Waals surface area contributed by atoms with Gasteiger partial charge in [-0.3, -0.25) is 4.68 Å². The van der Waals surface area contributed by atoms with Crippen LogP contribution in [0.1, 0.15) is 31.6 Å². The first-order chi connectivity index (χ1) is 6.02. The van der Waals surface area contributed by atoms with Crippen LogP contribution in [0.4, 0.5) is 4.39 Å². The summed E-state index contributed by atoms with van der Waals surface area (Å²) in [5.41, 5.74) is 0.0844. The van der Waals surface area contributed by atoms with E-state index in [-0.39, 0.29) is 11.6 Å². The Bertz CT molecular complexity index is 309. The number of hydrogen-bond donors (Lipinski definition) is 1. The average molecular weight is 186 g/mol. The summed E-state index contributed by atoms with van der Waals surface area (Å²) in [6.07, 6.45) is 0.662. The minimum Gasteiger partial charge on any atom is -0.479 e. The van der Waals surface area contributed by atoms with Crippen LogP contribution in [0.5, 0.6) is 0 Å². The third-order valence-corrected chi connectivity index (χ3v) is 1.66. The Morgan fingerprint density at radius 3 is 2.69 bits per heavy atom. The van der Waals surface area contributed by atoms with Crippen molar-refractivity contribution in [2.75, 3.05) is 0 Å². The van der Waals surface area contributed by atoms with Crippen molar-refractivity contribution in [3.05, 3.63) is 18.0 Å². The van der Waals surface area contributed by atoms with Gasteiger partial charge in [0.25, 0.3) is 0 Å². The summed E-state index contributed by atoms with van der Waals surface area (Å²) >= 11 is 0. The molecule has 13 heavy (non-hydrogen) atoms. The highest BCUT2D eigenvalue weighted by Crippen LogP contribution is 2.17. The zero-order chi connectivity index (χ0) is 10.0. The first-order valence-electron chi connectivity index (χ1n) is 3.93. The lowest BCUT2D eigenvalue weighted by molar-refractivity contribution is -0.143. The SMILES string of the molecule is CC(C)n1cc(C(F)C(=O)O)cn1. The van der Waals surface area contributed by atoms with Gasteiger partial charge in [0.2, 0.25) is 6.17 Å². The number of carboxylic acids is 1. The van der Waals surface area contributed by atoms with Crippen LogP contribution in [0.25, 0.3) is 0 Å². The monoisotopic (exact) mass is 186 g/mol. The van der Waals surface area contributed by atoms with E-state index in [1.54, 1.807) is 0 Å². The molecule has 0 bridgehead atoms. The lowest BCUT2D eigenvalue weighted by atomic mass is 10.2. The Morgan fingerprint density at radius 1 is 1.69 bits per heavy atom. The van der Waals surface area contributed by atoms with Gasteiger partial charge < -0.3 is 5.11 Å². The van der Waals surface area contributed by atoms with E-state index in [0.717, 1.165) is 0 Å². The Labute approximate surface area is 75.0 Å². The number of carbonyl (C=O) groups is 1. The minimum atomic E-state index is -1.98. The number of halogens is 1. The van der Waals surface area contributed by atoms with Crippen molar-refractivity contribution >= 4 is 5.97 Å². The first-order valence-corrected chi connectivity index (χ1v) is 3.93. The maximum absolute atomic E-state index is 12.9. The van der Waals surface area contributed by atoms with E-state index < -0.39 is 12.1 Å². The Hall–Kier alpha value is -1.39. The molecule has 0 radical (unpaired) electrons. The maximum Gasteiger partial charge on any atom is 0.343 e. The highest BCUT2D eigenvalue weighted by atomic mass is 19.1. The predicted octanol–water partition coefficient (Wildman–Crippen LogP) is 1.56. The summed E-state index contributed by atoms with van der Waals surface area (Å²) in [4.78, 5) is 10.3. The lowest BCUT2D eigenvalue weighted by Crippen LogP contribution is -2.05. The molecule has 0 fully saturated rings. The minimum absolute atomic E-state index is 0.0844. The number of carboxylic acid groups (broad SMARTS) is 1. The summed E-state index contributed by atoms with van der Waals surface area (Å²) in [6, 6.07) is 0.106. The molecule has 1 N–H and O–H groups in total. The fourth-order valence-corrected chi connectivity index (χ4v) is 0.909. The van der Waals surface area contributed by atoms with E-state index in [4.69, 9.17) is 5.11 Å². The average Bonchev–Trinajstić information content (AvgIpc) is 2.50. The number of rotatable bonds is 3. The van der Waals surface area contributed by atoms with Crippen molar-refractivity contribution in [2.24, 2.45) is 0 Å². The van der Waals surface area contributed by atoms with Crippen LogP contribution in [0.2, 0.25) is 0 Å². The Morgan fingerprint density at radius 2 is 2.31 bits per heavy atom.